The normalized spacial score (nSPS) is 15.2. The van der Waals surface area contributed by atoms with Gasteiger partial charge in [0.1, 0.15) is 0 Å². The first-order valence-electron chi connectivity index (χ1n) is 5.75. The van der Waals surface area contributed by atoms with Crippen molar-refractivity contribution in [2.75, 3.05) is 5.75 Å². The average molecular weight is 238 g/mol. The molecule has 0 aliphatic carbocycles. The van der Waals surface area contributed by atoms with E-state index in [0.717, 1.165) is 5.75 Å². The number of hydrogen-bond donors (Lipinski definition) is 1. The van der Waals surface area contributed by atoms with Gasteiger partial charge in [0, 0.05) is 10.6 Å². The van der Waals surface area contributed by atoms with Crippen molar-refractivity contribution in [1.29, 1.82) is 0 Å². The Bertz CT molecular complexity index is 356. The number of thioether (sulfide) groups is 1. The molecule has 1 rings (SSSR count). The highest BCUT2D eigenvalue weighted by Crippen LogP contribution is 2.29. The molecule has 2 heteroatoms. The zero-order valence-electron chi connectivity index (χ0n) is 10.9. The minimum absolute atomic E-state index is 0.283. The van der Waals surface area contributed by atoms with Crippen LogP contribution in [0.4, 0.5) is 0 Å². The van der Waals surface area contributed by atoms with Crippen molar-refractivity contribution in [2.45, 2.75) is 45.1 Å². The van der Waals surface area contributed by atoms with E-state index in [0.29, 0.717) is 0 Å². The molecule has 0 aliphatic heterocycles. The molecular formula is C14H22OS. The highest BCUT2D eigenvalue weighted by Gasteiger charge is 2.25. The minimum atomic E-state index is -0.596. The lowest BCUT2D eigenvalue weighted by Gasteiger charge is -2.27. The van der Waals surface area contributed by atoms with Gasteiger partial charge in [0.25, 0.3) is 0 Å². The van der Waals surface area contributed by atoms with Crippen LogP contribution in [0.15, 0.2) is 23.1 Å². The smallest absolute Gasteiger partial charge is 0.0736 e. The second-order valence-corrected chi connectivity index (χ2v) is 6.09. The number of aryl methyl sites for hydroxylation is 2. The zero-order chi connectivity index (χ0) is 12.3. The van der Waals surface area contributed by atoms with Gasteiger partial charge in [-0.25, -0.2) is 0 Å². The summed E-state index contributed by atoms with van der Waals surface area (Å²) >= 11 is 1.75. The van der Waals surface area contributed by atoms with Gasteiger partial charge in [-0.05, 0) is 38.3 Å². The fourth-order valence-corrected chi connectivity index (χ4v) is 2.60. The zero-order valence-corrected chi connectivity index (χ0v) is 11.7. The molecule has 1 nitrogen and oxygen atoms in total. The van der Waals surface area contributed by atoms with Crippen LogP contribution in [0.5, 0.6) is 0 Å². The third-order valence-electron chi connectivity index (χ3n) is 3.11. The number of benzene rings is 1. The van der Waals surface area contributed by atoms with Gasteiger partial charge in [-0.2, -0.15) is 0 Å². The Morgan fingerprint density at radius 3 is 2.50 bits per heavy atom. The molecule has 0 bridgehead atoms. The largest absolute Gasteiger partial charge is 0.389 e. The third kappa shape index (κ3) is 3.53. The Kier molecular flexibility index (Phi) is 4.45. The second-order valence-electron chi connectivity index (χ2n) is 5.07. The van der Waals surface area contributed by atoms with Crippen LogP contribution in [-0.2, 0) is 0 Å². The van der Waals surface area contributed by atoms with Crippen LogP contribution in [-0.4, -0.2) is 16.5 Å². The summed E-state index contributed by atoms with van der Waals surface area (Å²) in [7, 11) is 0. The van der Waals surface area contributed by atoms with Crippen LogP contribution >= 0.6 is 11.8 Å². The maximum absolute atomic E-state index is 10.2. The van der Waals surface area contributed by atoms with Crippen LogP contribution in [0, 0.1) is 19.8 Å². The molecule has 0 aromatic heterocycles. The van der Waals surface area contributed by atoms with Crippen molar-refractivity contribution in [3.05, 3.63) is 29.3 Å². The van der Waals surface area contributed by atoms with Crippen molar-refractivity contribution in [2.24, 2.45) is 5.92 Å². The molecule has 1 aromatic rings. The van der Waals surface area contributed by atoms with E-state index in [1.807, 2.05) is 6.92 Å². The first-order valence-corrected chi connectivity index (χ1v) is 6.74. The molecule has 16 heavy (non-hydrogen) atoms. The Morgan fingerprint density at radius 1 is 1.31 bits per heavy atom. The molecule has 1 unspecified atom stereocenters. The summed E-state index contributed by atoms with van der Waals surface area (Å²) < 4.78 is 0. The Balaban J connectivity index is 2.71. The van der Waals surface area contributed by atoms with Crippen molar-refractivity contribution >= 4 is 11.8 Å². The summed E-state index contributed by atoms with van der Waals surface area (Å²) in [6.45, 7) is 10.2. The SMILES string of the molecule is Cc1ccc(C)c(SCC(C)(O)C(C)C)c1. The van der Waals surface area contributed by atoms with Crippen LogP contribution in [0.25, 0.3) is 0 Å². The lowest BCUT2D eigenvalue weighted by atomic mass is 9.95. The van der Waals surface area contributed by atoms with Crippen molar-refractivity contribution in [3.8, 4) is 0 Å². The molecule has 0 aliphatic rings. The van der Waals surface area contributed by atoms with Gasteiger partial charge >= 0.3 is 0 Å². The molecular weight excluding hydrogens is 216 g/mol. The van der Waals surface area contributed by atoms with Gasteiger partial charge in [-0.1, -0.05) is 31.5 Å². The Morgan fingerprint density at radius 2 is 1.94 bits per heavy atom. The van der Waals surface area contributed by atoms with Gasteiger partial charge in [-0.3, -0.25) is 0 Å². The molecule has 0 saturated heterocycles. The monoisotopic (exact) mass is 238 g/mol. The second kappa shape index (κ2) is 5.24. The van der Waals surface area contributed by atoms with E-state index in [4.69, 9.17) is 0 Å². The first-order chi connectivity index (χ1) is 7.33. The van der Waals surface area contributed by atoms with Crippen molar-refractivity contribution < 1.29 is 5.11 Å². The van der Waals surface area contributed by atoms with E-state index in [2.05, 4.69) is 45.9 Å². The maximum Gasteiger partial charge on any atom is 0.0736 e. The maximum atomic E-state index is 10.2. The van der Waals surface area contributed by atoms with Crippen molar-refractivity contribution in [3.63, 3.8) is 0 Å². The van der Waals surface area contributed by atoms with Crippen LogP contribution in [0.2, 0.25) is 0 Å². The van der Waals surface area contributed by atoms with Gasteiger partial charge in [0.15, 0.2) is 0 Å². The van der Waals surface area contributed by atoms with Crippen LogP contribution in [0.3, 0.4) is 0 Å². The van der Waals surface area contributed by atoms with Gasteiger partial charge in [-0.15, -0.1) is 11.8 Å². The molecule has 0 saturated carbocycles. The lowest BCUT2D eigenvalue weighted by Crippen LogP contribution is -2.33. The molecule has 1 N–H and O–H groups in total. The summed E-state index contributed by atoms with van der Waals surface area (Å²) in [5, 5.41) is 10.2. The molecule has 0 amide bonds. The molecule has 0 heterocycles. The highest BCUT2D eigenvalue weighted by atomic mass is 32.2. The van der Waals surface area contributed by atoms with Crippen LogP contribution in [0.1, 0.15) is 31.9 Å². The number of rotatable bonds is 4. The van der Waals surface area contributed by atoms with E-state index in [1.54, 1.807) is 11.8 Å². The van der Waals surface area contributed by atoms with Crippen molar-refractivity contribution in [1.82, 2.24) is 0 Å². The van der Waals surface area contributed by atoms with Gasteiger partial charge in [0.05, 0.1) is 5.60 Å². The van der Waals surface area contributed by atoms with E-state index in [1.165, 1.54) is 16.0 Å². The third-order valence-corrected chi connectivity index (χ3v) is 4.59. The predicted molar refractivity (Wildman–Crippen MR) is 72.1 cm³/mol. The van der Waals surface area contributed by atoms with E-state index < -0.39 is 5.60 Å². The summed E-state index contributed by atoms with van der Waals surface area (Å²) in [5.74, 6) is 1.03. The predicted octanol–water partition coefficient (Wildman–Crippen LogP) is 3.80. The van der Waals surface area contributed by atoms with E-state index in [9.17, 15) is 5.11 Å². The topological polar surface area (TPSA) is 20.2 Å². The molecule has 1 atom stereocenters. The average Bonchev–Trinajstić information content (AvgIpc) is 2.19. The van der Waals surface area contributed by atoms with E-state index >= 15 is 0 Å². The molecule has 0 radical (unpaired) electrons. The Labute approximate surface area is 103 Å². The van der Waals surface area contributed by atoms with Gasteiger partial charge < -0.3 is 5.11 Å². The molecule has 1 aromatic carbocycles. The fraction of sp³-hybridized carbons (Fsp3) is 0.571. The highest BCUT2D eigenvalue weighted by molar-refractivity contribution is 7.99. The summed E-state index contributed by atoms with van der Waals surface area (Å²) in [6, 6.07) is 6.46. The van der Waals surface area contributed by atoms with Crippen LogP contribution < -0.4 is 0 Å². The molecule has 0 spiro atoms. The number of hydrogen-bond acceptors (Lipinski definition) is 2. The van der Waals surface area contributed by atoms with Gasteiger partial charge in [0.2, 0.25) is 0 Å². The summed E-state index contributed by atoms with van der Waals surface area (Å²) in [6.07, 6.45) is 0. The molecule has 90 valence electrons. The molecule has 0 fully saturated rings. The number of aliphatic hydroxyl groups is 1. The lowest BCUT2D eigenvalue weighted by molar-refractivity contribution is 0.0376. The summed E-state index contributed by atoms with van der Waals surface area (Å²) in [4.78, 5) is 1.28. The standard InChI is InChI=1S/C14H22OS/c1-10(2)14(5,15)9-16-13-8-11(3)6-7-12(13)4/h6-8,10,15H,9H2,1-5H3. The van der Waals surface area contributed by atoms with E-state index in [-0.39, 0.29) is 5.92 Å². The summed E-state index contributed by atoms with van der Waals surface area (Å²) in [5.41, 5.74) is 1.97. The Hall–Kier alpha value is -0.470. The first kappa shape index (κ1) is 13.6. The fourth-order valence-electron chi connectivity index (χ4n) is 1.25. The quantitative estimate of drug-likeness (QED) is 0.805. The minimum Gasteiger partial charge on any atom is -0.389 e.